The molecule has 0 spiro atoms. The topological polar surface area (TPSA) is 77.4 Å². The lowest BCUT2D eigenvalue weighted by Crippen LogP contribution is -2.46. The molecule has 0 rings (SSSR count). The lowest BCUT2D eigenvalue weighted by molar-refractivity contribution is 0.0492. The molecular formula is C22H37BN4O2. The summed E-state index contributed by atoms with van der Waals surface area (Å²) in [5.74, 6) is 0. The van der Waals surface area contributed by atoms with Crippen LogP contribution in [0.5, 0.6) is 0 Å². The van der Waals surface area contributed by atoms with Crippen LogP contribution >= 0.6 is 0 Å². The molecule has 7 heteroatoms. The van der Waals surface area contributed by atoms with Gasteiger partial charge in [0, 0.05) is 24.8 Å². The molecule has 160 valence electrons. The first-order chi connectivity index (χ1) is 13.7. The van der Waals surface area contributed by atoms with E-state index < -0.39 is 11.7 Å². The molecule has 0 aromatic rings. The standard InChI is InChI=1S/C22H37BN4O2/c1-7-10-18(3)16-27(20(8-2)15-23)17-19(11-9-13-25-14-12-24)26-21(28)29-22(4,5)6/h19,25H,2-3,7,9-11,13-17H2,1,4-6H3,(H,26,28). The summed E-state index contributed by atoms with van der Waals surface area (Å²) in [6.07, 6.45) is 3.34. The van der Waals surface area contributed by atoms with Gasteiger partial charge >= 0.3 is 6.09 Å². The number of hydrogen-bond donors (Lipinski definition) is 2. The number of allylic oxidation sites excluding steroid dienone is 1. The second-order valence-corrected chi connectivity index (χ2v) is 8.03. The summed E-state index contributed by atoms with van der Waals surface area (Å²) in [5, 5.41) is 14.7. The van der Waals surface area contributed by atoms with Crippen molar-refractivity contribution in [1.29, 1.82) is 5.26 Å². The number of amides is 1. The first kappa shape index (κ1) is 26.8. The van der Waals surface area contributed by atoms with Crippen LogP contribution in [0.15, 0.2) is 30.2 Å². The first-order valence-corrected chi connectivity index (χ1v) is 10.2. The lowest BCUT2D eigenvalue weighted by atomic mass is 9.99. The molecule has 0 heterocycles. The third-order valence-electron chi connectivity index (χ3n) is 4.07. The van der Waals surface area contributed by atoms with E-state index in [1.165, 1.54) is 0 Å². The molecule has 0 fully saturated rings. The Balaban J connectivity index is 5.23. The Morgan fingerprint density at radius 2 is 2.07 bits per heavy atom. The molecule has 0 aromatic carbocycles. The average molecular weight is 400 g/mol. The quantitative estimate of drug-likeness (QED) is 0.153. The largest absolute Gasteiger partial charge is 0.444 e. The zero-order valence-corrected chi connectivity index (χ0v) is 18.6. The summed E-state index contributed by atoms with van der Waals surface area (Å²) in [6, 6.07) is 1.90. The Kier molecular flexibility index (Phi) is 13.7. The van der Waals surface area contributed by atoms with Gasteiger partial charge in [0.25, 0.3) is 0 Å². The highest BCUT2D eigenvalue weighted by Gasteiger charge is 2.22. The van der Waals surface area contributed by atoms with Gasteiger partial charge in [-0.15, -0.1) is 5.73 Å². The maximum atomic E-state index is 12.3. The van der Waals surface area contributed by atoms with Gasteiger partial charge in [-0.3, -0.25) is 0 Å². The summed E-state index contributed by atoms with van der Waals surface area (Å²) in [7, 11) is 5.89. The molecule has 0 bridgehead atoms. The van der Waals surface area contributed by atoms with Crippen molar-refractivity contribution >= 4 is 13.9 Å². The van der Waals surface area contributed by atoms with Crippen LogP contribution in [-0.2, 0) is 4.74 Å². The molecule has 0 aliphatic carbocycles. The predicted octanol–water partition coefficient (Wildman–Crippen LogP) is 3.69. The fourth-order valence-corrected chi connectivity index (χ4v) is 2.85. The van der Waals surface area contributed by atoms with Crippen molar-refractivity contribution in [3.05, 3.63) is 30.2 Å². The van der Waals surface area contributed by atoms with E-state index in [0.717, 1.165) is 37.0 Å². The molecule has 2 radical (unpaired) electrons. The molecule has 29 heavy (non-hydrogen) atoms. The zero-order chi connectivity index (χ0) is 22.3. The molecule has 0 aliphatic heterocycles. The van der Waals surface area contributed by atoms with E-state index in [9.17, 15) is 4.79 Å². The molecule has 0 aromatic heterocycles. The molecule has 0 saturated heterocycles. The van der Waals surface area contributed by atoms with Crippen molar-refractivity contribution in [2.75, 3.05) is 26.2 Å². The zero-order valence-electron chi connectivity index (χ0n) is 18.6. The van der Waals surface area contributed by atoms with Crippen molar-refractivity contribution in [2.24, 2.45) is 0 Å². The van der Waals surface area contributed by atoms with Crippen molar-refractivity contribution in [2.45, 2.75) is 71.3 Å². The SMILES string of the molecule is [B]CC(=C=C)N(CC(=C)CCC)CC(CCCNCC#N)NC(=O)OC(C)(C)C. The minimum atomic E-state index is -0.568. The number of hydrogen-bond acceptors (Lipinski definition) is 5. The highest BCUT2D eigenvalue weighted by molar-refractivity contribution is 6.10. The highest BCUT2D eigenvalue weighted by atomic mass is 16.6. The van der Waals surface area contributed by atoms with Crippen molar-refractivity contribution < 1.29 is 9.53 Å². The monoisotopic (exact) mass is 400 g/mol. The Bertz CT molecular complexity index is 601. The van der Waals surface area contributed by atoms with Gasteiger partial charge in [0.15, 0.2) is 0 Å². The summed E-state index contributed by atoms with van der Waals surface area (Å²) in [6.45, 7) is 17.7. The average Bonchev–Trinajstić information content (AvgIpc) is 2.60. The molecular weight excluding hydrogens is 363 g/mol. The van der Waals surface area contributed by atoms with Crippen LogP contribution in [0.1, 0.15) is 53.4 Å². The third kappa shape index (κ3) is 13.6. The maximum Gasteiger partial charge on any atom is 0.407 e. The second-order valence-electron chi connectivity index (χ2n) is 8.03. The second kappa shape index (κ2) is 14.8. The number of carbonyl (C=O) groups excluding carboxylic acids is 1. The smallest absolute Gasteiger partial charge is 0.407 e. The van der Waals surface area contributed by atoms with Crippen LogP contribution in [0.2, 0.25) is 6.32 Å². The molecule has 1 atom stereocenters. The van der Waals surface area contributed by atoms with E-state index >= 15 is 0 Å². The van der Waals surface area contributed by atoms with Gasteiger partial charge in [0.1, 0.15) is 5.60 Å². The Labute approximate surface area is 178 Å². The van der Waals surface area contributed by atoms with Crippen LogP contribution in [0.25, 0.3) is 0 Å². The summed E-state index contributed by atoms with van der Waals surface area (Å²) in [4.78, 5) is 14.4. The minimum absolute atomic E-state index is 0.155. The van der Waals surface area contributed by atoms with E-state index in [-0.39, 0.29) is 6.04 Å². The number of rotatable bonds is 14. The van der Waals surface area contributed by atoms with E-state index in [2.05, 4.69) is 47.4 Å². The van der Waals surface area contributed by atoms with Crippen LogP contribution < -0.4 is 10.6 Å². The molecule has 2 N–H and O–H groups in total. The summed E-state index contributed by atoms with van der Waals surface area (Å²) in [5.41, 5.74) is 4.24. The fourth-order valence-electron chi connectivity index (χ4n) is 2.85. The first-order valence-electron chi connectivity index (χ1n) is 10.2. The number of alkyl carbamates (subject to hydrolysis) is 1. The molecule has 6 nitrogen and oxygen atoms in total. The van der Waals surface area contributed by atoms with Crippen LogP contribution in [-0.4, -0.2) is 56.7 Å². The molecule has 1 amide bonds. The number of nitrogens with one attached hydrogen (secondary N) is 2. The van der Waals surface area contributed by atoms with Crippen molar-refractivity contribution in [3.63, 3.8) is 0 Å². The van der Waals surface area contributed by atoms with E-state index in [1.54, 1.807) is 0 Å². The third-order valence-corrected chi connectivity index (χ3v) is 4.07. The van der Waals surface area contributed by atoms with Gasteiger partial charge in [-0.05, 0) is 52.9 Å². The molecule has 1 unspecified atom stereocenters. The van der Waals surface area contributed by atoms with Gasteiger partial charge in [0.05, 0.1) is 20.5 Å². The number of ether oxygens (including phenoxy) is 1. The number of nitrogens with zero attached hydrogens (tertiary/aromatic N) is 2. The van der Waals surface area contributed by atoms with Gasteiger partial charge in [-0.2, -0.15) is 5.26 Å². The Morgan fingerprint density at radius 3 is 2.59 bits per heavy atom. The predicted molar refractivity (Wildman–Crippen MR) is 120 cm³/mol. The minimum Gasteiger partial charge on any atom is -0.444 e. The van der Waals surface area contributed by atoms with Crippen LogP contribution in [0, 0.1) is 11.3 Å². The highest BCUT2D eigenvalue weighted by Crippen LogP contribution is 2.15. The van der Waals surface area contributed by atoms with Gasteiger partial charge < -0.3 is 20.3 Å². The Hall–Kier alpha value is -2.16. The maximum absolute atomic E-state index is 12.3. The van der Waals surface area contributed by atoms with E-state index in [0.29, 0.717) is 32.5 Å². The summed E-state index contributed by atoms with van der Waals surface area (Å²) >= 11 is 0. The van der Waals surface area contributed by atoms with Gasteiger partial charge in [-0.1, -0.05) is 32.1 Å². The molecule has 0 aliphatic rings. The Morgan fingerprint density at radius 1 is 1.38 bits per heavy atom. The van der Waals surface area contributed by atoms with E-state index in [4.69, 9.17) is 17.8 Å². The lowest BCUT2D eigenvalue weighted by Gasteiger charge is -2.32. The van der Waals surface area contributed by atoms with Gasteiger partial charge in [0.2, 0.25) is 0 Å². The summed E-state index contributed by atoms with van der Waals surface area (Å²) < 4.78 is 5.42. The van der Waals surface area contributed by atoms with Crippen molar-refractivity contribution in [3.8, 4) is 6.07 Å². The number of nitriles is 1. The van der Waals surface area contributed by atoms with E-state index in [1.807, 2.05) is 20.8 Å². The molecule has 0 saturated carbocycles. The normalized spacial score (nSPS) is 11.7. The van der Waals surface area contributed by atoms with Gasteiger partial charge in [-0.25, -0.2) is 4.79 Å². The number of carbonyl (C=O) groups is 1. The van der Waals surface area contributed by atoms with Crippen LogP contribution in [0.3, 0.4) is 0 Å². The fraction of sp³-hybridized carbons (Fsp3) is 0.682. The van der Waals surface area contributed by atoms with Crippen LogP contribution in [0.4, 0.5) is 4.79 Å². The van der Waals surface area contributed by atoms with Crippen molar-refractivity contribution in [1.82, 2.24) is 15.5 Å².